The maximum atomic E-state index is 11.5. The van der Waals surface area contributed by atoms with Gasteiger partial charge in [-0.2, -0.15) is 0 Å². The van der Waals surface area contributed by atoms with Crippen molar-refractivity contribution in [1.82, 2.24) is 0 Å². The van der Waals surface area contributed by atoms with Crippen molar-refractivity contribution in [1.29, 1.82) is 0 Å². The van der Waals surface area contributed by atoms with Crippen LogP contribution in [0, 0.1) is 11.2 Å². The Hall–Kier alpha value is -1.27. The first-order valence-electron chi connectivity index (χ1n) is 6.10. The lowest BCUT2D eigenvalue weighted by Gasteiger charge is -2.18. The van der Waals surface area contributed by atoms with E-state index in [0.717, 1.165) is 5.56 Å². The van der Waals surface area contributed by atoms with Gasteiger partial charge in [0, 0.05) is 10.8 Å². The number of hydrogen-bond donors (Lipinski definition) is 0. The van der Waals surface area contributed by atoms with Crippen LogP contribution in [0.2, 0.25) is 0 Å². The molecule has 0 atom stereocenters. The first kappa shape index (κ1) is 14.8. The SMILES string of the molecule is CCCS(=O)(=O)C#Cc1ccc(C(C)(C)C)cc1. The highest BCUT2D eigenvalue weighted by molar-refractivity contribution is 7.96. The van der Waals surface area contributed by atoms with Crippen LogP contribution in [-0.4, -0.2) is 14.2 Å². The Balaban J connectivity index is 2.92. The third-order valence-corrected chi connectivity index (χ3v) is 3.93. The number of benzene rings is 1. The van der Waals surface area contributed by atoms with Gasteiger partial charge in [-0.1, -0.05) is 45.7 Å². The van der Waals surface area contributed by atoms with Gasteiger partial charge < -0.3 is 0 Å². The van der Waals surface area contributed by atoms with Gasteiger partial charge in [0.1, 0.15) is 0 Å². The van der Waals surface area contributed by atoms with E-state index in [4.69, 9.17) is 0 Å². The molecule has 98 valence electrons. The summed E-state index contributed by atoms with van der Waals surface area (Å²) in [5, 5.41) is 2.36. The van der Waals surface area contributed by atoms with Gasteiger partial charge in [-0.25, -0.2) is 8.42 Å². The third-order valence-electron chi connectivity index (χ3n) is 2.57. The molecule has 0 aliphatic carbocycles. The second kappa shape index (κ2) is 5.58. The van der Waals surface area contributed by atoms with Gasteiger partial charge in [0.25, 0.3) is 0 Å². The van der Waals surface area contributed by atoms with E-state index in [1.807, 2.05) is 31.2 Å². The summed E-state index contributed by atoms with van der Waals surface area (Å²) in [6.45, 7) is 8.25. The Morgan fingerprint density at radius 1 is 1.11 bits per heavy atom. The lowest BCUT2D eigenvalue weighted by Crippen LogP contribution is -2.10. The molecule has 0 fully saturated rings. The van der Waals surface area contributed by atoms with Crippen LogP contribution in [0.3, 0.4) is 0 Å². The van der Waals surface area contributed by atoms with Crippen LogP contribution in [0.5, 0.6) is 0 Å². The van der Waals surface area contributed by atoms with Crippen molar-refractivity contribution in [3.63, 3.8) is 0 Å². The molecule has 0 unspecified atom stereocenters. The molecule has 0 spiro atoms. The van der Waals surface area contributed by atoms with Gasteiger partial charge >= 0.3 is 0 Å². The molecule has 0 aliphatic heterocycles. The average Bonchev–Trinajstić information content (AvgIpc) is 2.26. The normalized spacial score (nSPS) is 11.8. The molecule has 1 aromatic carbocycles. The second-order valence-electron chi connectivity index (χ2n) is 5.37. The maximum Gasteiger partial charge on any atom is 0.217 e. The van der Waals surface area contributed by atoms with E-state index in [9.17, 15) is 8.42 Å². The molecule has 0 saturated carbocycles. The van der Waals surface area contributed by atoms with Crippen molar-refractivity contribution >= 4 is 9.84 Å². The molecule has 0 radical (unpaired) electrons. The summed E-state index contributed by atoms with van der Waals surface area (Å²) < 4.78 is 22.9. The largest absolute Gasteiger partial charge is 0.217 e. The summed E-state index contributed by atoms with van der Waals surface area (Å²) in [6, 6.07) is 7.73. The minimum atomic E-state index is -3.23. The van der Waals surface area contributed by atoms with Crippen molar-refractivity contribution in [3.05, 3.63) is 35.4 Å². The summed E-state index contributed by atoms with van der Waals surface area (Å²) in [7, 11) is -3.23. The average molecular weight is 264 g/mol. The highest BCUT2D eigenvalue weighted by Crippen LogP contribution is 2.21. The van der Waals surface area contributed by atoms with Gasteiger partial charge in [0.2, 0.25) is 9.84 Å². The van der Waals surface area contributed by atoms with Gasteiger partial charge in [0.15, 0.2) is 0 Å². The van der Waals surface area contributed by atoms with Crippen LogP contribution >= 0.6 is 0 Å². The lowest BCUT2D eigenvalue weighted by atomic mass is 9.87. The fourth-order valence-electron chi connectivity index (χ4n) is 1.51. The molecular weight excluding hydrogens is 244 g/mol. The molecule has 0 bridgehead atoms. The quantitative estimate of drug-likeness (QED) is 0.769. The summed E-state index contributed by atoms with van der Waals surface area (Å²) in [5.74, 6) is 2.84. The van der Waals surface area contributed by atoms with E-state index < -0.39 is 9.84 Å². The number of sulfone groups is 1. The Labute approximate surface area is 110 Å². The molecule has 0 aromatic heterocycles. The van der Waals surface area contributed by atoms with Crippen LogP contribution < -0.4 is 0 Å². The van der Waals surface area contributed by atoms with Crippen molar-refractivity contribution in [2.45, 2.75) is 39.5 Å². The zero-order chi connectivity index (χ0) is 13.8. The van der Waals surface area contributed by atoms with E-state index >= 15 is 0 Å². The van der Waals surface area contributed by atoms with Crippen LogP contribution in [0.1, 0.15) is 45.2 Å². The first-order valence-corrected chi connectivity index (χ1v) is 7.76. The molecule has 0 heterocycles. The fraction of sp³-hybridized carbons (Fsp3) is 0.467. The van der Waals surface area contributed by atoms with Crippen LogP contribution in [0.4, 0.5) is 0 Å². The second-order valence-corrected chi connectivity index (χ2v) is 7.22. The predicted molar refractivity (Wildman–Crippen MR) is 76.1 cm³/mol. The topological polar surface area (TPSA) is 34.1 Å². The van der Waals surface area contributed by atoms with Gasteiger partial charge in [-0.15, -0.1) is 0 Å². The Morgan fingerprint density at radius 3 is 2.11 bits per heavy atom. The lowest BCUT2D eigenvalue weighted by molar-refractivity contribution is 0.590. The van der Waals surface area contributed by atoms with Crippen molar-refractivity contribution in [3.8, 4) is 11.2 Å². The van der Waals surface area contributed by atoms with E-state index in [1.165, 1.54) is 5.56 Å². The minimum Gasteiger partial charge on any atom is -0.215 e. The minimum absolute atomic E-state index is 0.0975. The van der Waals surface area contributed by atoms with Crippen molar-refractivity contribution in [2.75, 3.05) is 5.75 Å². The van der Waals surface area contributed by atoms with Gasteiger partial charge in [0.05, 0.1) is 5.75 Å². The molecule has 1 rings (SSSR count). The van der Waals surface area contributed by atoms with E-state index in [-0.39, 0.29) is 11.2 Å². The summed E-state index contributed by atoms with van der Waals surface area (Å²) in [6.07, 6.45) is 0.597. The van der Waals surface area contributed by atoms with Crippen LogP contribution in [0.25, 0.3) is 0 Å². The zero-order valence-electron chi connectivity index (χ0n) is 11.4. The molecular formula is C15H20O2S. The third kappa shape index (κ3) is 4.54. The smallest absolute Gasteiger partial charge is 0.215 e. The van der Waals surface area contributed by atoms with Gasteiger partial charge in [-0.05, 0) is 29.5 Å². The van der Waals surface area contributed by atoms with E-state index in [1.54, 1.807) is 0 Å². The molecule has 0 N–H and O–H groups in total. The molecule has 0 aliphatic rings. The Bertz CT molecular complexity index is 549. The Morgan fingerprint density at radius 2 is 1.67 bits per heavy atom. The van der Waals surface area contributed by atoms with E-state index in [0.29, 0.717) is 6.42 Å². The molecule has 1 aromatic rings. The van der Waals surface area contributed by atoms with Crippen LogP contribution in [0.15, 0.2) is 24.3 Å². The molecule has 2 nitrogen and oxygen atoms in total. The zero-order valence-corrected chi connectivity index (χ0v) is 12.3. The van der Waals surface area contributed by atoms with Crippen molar-refractivity contribution in [2.24, 2.45) is 0 Å². The Kier molecular flexibility index (Phi) is 4.59. The molecule has 0 amide bonds. The standard InChI is InChI=1S/C15H20O2S/c1-5-11-18(16,17)12-10-13-6-8-14(9-7-13)15(2,3)4/h6-9H,5,11H2,1-4H3. The molecule has 0 saturated heterocycles. The van der Waals surface area contributed by atoms with Crippen molar-refractivity contribution < 1.29 is 8.42 Å². The monoisotopic (exact) mass is 264 g/mol. The van der Waals surface area contributed by atoms with Crippen LogP contribution in [-0.2, 0) is 15.3 Å². The molecule has 18 heavy (non-hydrogen) atoms. The summed E-state index contributed by atoms with van der Waals surface area (Å²) in [5.41, 5.74) is 2.05. The summed E-state index contributed by atoms with van der Waals surface area (Å²) >= 11 is 0. The van der Waals surface area contributed by atoms with Gasteiger partial charge in [-0.3, -0.25) is 0 Å². The number of rotatable bonds is 2. The van der Waals surface area contributed by atoms with E-state index in [2.05, 4.69) is 31.9 Å². The number of hydrogen-bond acceptors (Lipinski definition) is 2. The maximum absolute atomic E-state index is 11.5. The summed E-state index contributed by atoms with van der Waals surface area (Å²) in [4.78, 5) is 0. The first-order chi connectivity index (χ1) is 8.24. The highest BCUT2D eigenvalue weighted by atomic mass is 32.2. The highest BCUT2D eigenvalue weighted by Gasteiger charge is 2.12. The predicted octanol–water partition coefficient (Wildman–Crippen LogP) is 3.12. The fourth-order valence-corrected chi connectivity index (χ4v) is 2.42. The molecule has 3 heteroatoms.